The second kappa shape index (κ2) is 8.31. The Morgan fingerprint density at radius 2 is 1.81 bits per heavy atom. The molecule has 4 N–H and O–H groups in total. The number of nitrogens with two attached hydrogens (primary N) is 1. The van der Waals surface area contributed by atoms with Crippen molar-refractivity contribution in [3.8, 4) is 0 Å². The van der Waals surface area contributed by atoms with Gasteiger partial charge >= 0.3 is 5.69 Å². The summed E-state index contributed by atoms with van der Waals surface area (Å²) in [6.45, 7) is 2.00. The lowest BCUT2D eigenvalue weighted by Crippen LogP contribution is -2.36. The summed E-state index contributed by atoms with van der Waals surface area (Å²) in [6.07, 6.45) is 0.868. The number of amides is 1. The van der Waals surface area contributed by atoms with Crippen LogP contribution in [0, 0.1) is 6.92 Å². The van der Waals surface area contributed by atoms with Gasteiger partial charge in [-0.1, -0.05) is 12.1 Å². The summed E-state index contributed by atoms with van der Waals surface area (Å²) in [6, 6.07) is 6.11. The van der Waals surface area contributed by atoms with E-state index in [-0.39, 0.29) is 23.6 Å². The van der Waals surface area contributed by atoms with E-state index < -0.39 is 21.3 Å². The second-order valence-electron chi connectivity index (χ2n) is 6.19. The van der Waals surface area contributed by atoms with Crippen LogP contribution in [0.4, 0.5) is 0 Å². The number of H-pyrrole nitrogens is 1. The van der Waals surface area contributed by atoms with Crippen LogP contribution < -0.4 is 21.7 Å². The van der Waals surface area contributed by atoms with E-state index in [1.165, 1.54) is 19.2 Å². The van der Waals surface area contributed by atoms with E-state index in [1.807, 2.05) is 0 Å². The van der Waals surface area contributed by atoms with Gasteiger partial charge in [-0.2, -0.15) is 0 Å². The third kappa shape index (κ3) is 5.38. The monoisotopic (exact) mass is 394 g/mol. The number of benzene rings is 1. The highest BCUT2D eigenvalue weighted by Gasteiger charge is 2.11. The molecule has 0 fully saturated rings. The molecular weight excluding hydrogens is 372 g/mol. The SMILES string of the molecule is Cc1[nH]c(=O)n(C)c(=O)c1CCC(=O)NCCc1ccc(S(N)(=O)=O)cc1. The third-order valence-electron chi connectivity index (χ3n) is 4.20. The molecule has 0 aliphatic carbocycles. The molecule has 1 aromatic heterocycles. The molecule has 0 atom stereocenters. The number of primary sulfonamides is 1. The lowest BCUT2D eigenvalue weighted by atomic mass is 10.1. The first-order chi connectivity index (χ1) is 12.6. The summed E-state index contributed by atoms with van der Waals surface area (Å²) >= 11 is 0. The van der Waals surface area contributed by atoms with Gasteiger partial charge in [0.05, 0.1) is 4.90 Å². The Morgan fingerprint density at radius 1 is 1.19 bits per heavy atom. The zero-order chi connectivity index (χ0) is 20.2. The van der Waals surface area contributed by atoms with E-state index >= 15 is 0 Å². The van der Waals surface area contributed by atoms with Crippen LogP contribution in [0.5, 0.6) is 0 Å². The Kier molecular flexibility index (Phi) is 6.34. The maximum Gasteiger partial charge on any atom is 0.328 e. The van der Waals surface area contributed by atoms with E-state index in [9.17, 15) is 22.8 Å². The first-order valence-corrected chi connectivity index (χ1v) is 9.81. The van der Waals surface area contributed by atoms with Gasteiger partial charge in [0.2, 0.25) is 15.9 Å². The number of hydrogen-bond donors (Lipinski definition) is 3. The molecule has 1 aromatic carbocycles. The molecule has 2 aromatic rings. The number of carbonyl (C=O) groups excluding carboxylic acids is 1. The maximum atomic E-state index is 12.1. The quantitative estimate of drug-likeness (QED) is 0.570. The third-order valence-corrected chi connectivity index (χ3v) is 5.13. The van der Waals surface area contributed by atoms with Gasteiger partial charge in [-0.25, -0.2) is 18.4 Å². The summed E-state index contributed by atoms with van der Waals surface area (Å²) in [4.78, 5) is 38.2. The largest absolute Gasteiger partial charge is 0.356 e. The molecule has 0 bridgehead atoms. The summed E-state index contributed by atoms with van der Waals surface area (Å²) in [5, 5.41) is 7.79. The van der Waals surface area contributed by atoms with Crippen molar-refractivity contribution in [3.63, 3.8) is 0 Å². The number of nitrogens with one attached hydrogen (secondary N) is 2. The van der Waals surface area contributed by atoms with E-state index in [0.717, 1.165) is 10.1 Å². The molecular formula is C17H22N4O5S. The Morgan fingerprint density at radius 3 is 2.41 bits per heavy atom. The zero-order valence-corrected chi connectivity index (χ0v) is 15.9. The highest BCUT2D eigenvalue weighted by Crippen LogP contribution is 2.09. The van der Waals surface area contributed by atoms with Crippen molar-refractivity contribution in [2.75, 3.05) is 6.54 Å². The molecule has 146 valence electrons. The van der Waals surface area contributed by atoms with E-state index in [1.54, 1.807) is 19.1 Å². The van der Waals surface area contributed by atoms with Crippen LogP contribution in [0.15, 0.2) is 38.8 Å². The average Bonchev–Trinajstić information content (AvgIpc) is 2.59. The molecule has 10 heteroatoms. The van der Waals surface area contributed by atoms with E-state index in [2.05, 4.69) is 10.3 Å². The minimum absolute atomic E-state index is 0.0353. The fourth-order valence-corrected chi connectivity index (χ4v) is 3.10. The molecule has 0 radical (unpaired) electrons. The van der Waals surface area contributed by atoms with Gasteiger partial charge < -0.3 is 10.3 Å². The van der Waals surface area contributed by atoms with Gasteiger partial charge in [0.1, 0.15) is 0 Å². The standard InChI is InChI=1S/C17H22N4O5S/c1-11-14(16(23)21(2)17(24)20-11)7-8-15(22)19-10-9-12-3-5-13(6-4-12)27(18,25)26/h3-6H,7-10H2,1-2H3,(H,19,22)(H,20,24)(H2,18,25,26). The summed E-state index contributed by atoms with van der Waals surface area (Å²) < 4.78 is 23.4. The second-order valence-corrected chi connectivity index (χ2v) is 7.75. The molecule has 1 heterocycles. The van der Waals surface area contributed by atoms with E-state index in [4.69, 9.17) is 5.14 Å². The lowest BCUT2D eigenvalue weighted by molar-refractivity contribution is -0.121. The van der Waals surface area contributed by atoms with Crippen LogP contribution in [0.1, 0.15) is 23.2 Å². The van der Waals surface area contributed by atoms with E-state index in [0.29, 0.717) is 24.2 Å². The van der Waals surface area contributed by atoms with Gasteiger partial charge in [0.15, 0.2) is 0 Å². The van der Waals surface area contributed by atoms with Crippen molar-refractivity contribution in [2.24, 2.45) is 12.2 Å². The van der Waals surface area contributed by atoms with Gasteiger partial charge in [-0.15, -0.1) is 0 Å². The van der Waals surface area contributed by atoms with Gasteiger partial charge in [-0.3, -0.25) is 14.2 Å². The number of hydrogen-bond acceptors (Lipinski definition) is 5. The normalized spacial score (nSPS) is 11.4. The van der Waals surface area contributed by atoms with Crippen LogP contribution >= 0.6 is 0 Å². The Hall–Kier alpha value is -2.72. The Balaban J connectivity index is 1.86. The van der Waals surface area contributed by atoms with Crippen molar-refractivity contribution in [1.82, 2.24) is 14.9 Å². The maximum absolute atomic E-state index is 12.1. The Labute approximate surface area is 156 Å². The summed E-state index contributed by atoms with van der Waals surface area (Å²) in [5.41, 5.74) is 0.836. The predicted molar refractivity (Wildman–Crippen MR) is 99.9 cm³/mol. The van der Waals surface area contributed by atoms with Crippen molar-refractivity contribution < 1.29 is 13.2 Å². The van der Waals surface area contributed by atoms with Crippen molar-refractivity contribution in [3.05, 3.63) is 61.9 Å². The molecule has 1 amide bonds. The van der Waals surface area contributed by atoms with Crippen LogP contribution in [0.3, 0.4) is 0 Å². The molecule has 0 unspecified atom stereocenters. The number of aromatic nitrogens is 2. The molecule has 27 heavy (non-hydrogen) atoms. The lowest BCUT2D eigenvalue weighted by Gasteiger charge is -2.08. The molecule has 0 aliphatic rings. The fraction of sp³-hybridized carbons (Fsp3) is 0.353. The molecule has 0 saturated heterocycles. The highest BCUT2D eigenvalue weighted by molar-refractivity contribution is 7.89. The van der Waals surface area contributed by atoms with Gasteiger partial charge in [0.25, 0.3) is 5.56 Å². The van der Waals surface area contributed by atoms with Crippen molar-refractivity contribution in [2.45, 2.75) is 31.1 Å². The zero-order valence-electron chi connectivity index (χ0n) is 15.1. The minimum Gasteiger partial charge on any atom is -0.356 e. The van der Waals surface area contributed by atoms with Gasteiger partial charge in [-0.05, 0) is 37.5 Å². The number of aromatic amines is 1. The first kappa shape index (κ1) is 20.6. The molecule has 0 aliphatic heterocycles. The smallest absolute Gasteiger partial charge is 0.328 e. The predicted octanol–water partition coefficient (Wildman–Crippen LogP) is -0.679. The Bertz CT molecular complexity index is 1050. The first-order valence-electron chi connectivity index (χ1n) is 8.27. The summed E-state index contributed by atoms with van der Waals surface area (Å²) in [5.74, 6) is -0.219. The highest BCUT2D eigenvalue weighted by atomic mass is 32.2. The van der Waals surface area contributed by atoms with Gasteiger partial charge in [0, 0.05) is 31.3 Å². The van der Waals surface area contributed by atoms with Crippen LogP contribution in [-0.4, -0.2) is 30.4 Å². The number of carbonyl (C=O) groups is 1. The van der Waals surface area contributed by atoms with Crippen molar-refractivity contribution >= 4 is 15.9 Å². The van der Waals surface area contributed by atoms with Crippen molar-refractivity contribution in [1.29, 1.82) is 0 Å². The van der Waals surface area contributed by atoms with Crippen LogP contribution in [0.2, 0.25) is 0 Å². The minimum atomic E-state index is -3.72. The molecule has 9 nitrogen and oxygen atoms in total. The molecule has 0 saturated carbocycles. The number of sulfonamides is 1. The summed E-state index contributed by atoms with van der Waals surface area (Å²) in [7, 11) is -2.34. The number of nitrogens with zero attached hydrogens (tertiary/aromatic N) is 1. The van der Waals surface area contributed by atoms with Crippen LogP contribution in [-0.2, 0) is 34.7 Å². The fourth-order valence-electron chi connectivity index (χ4n) is 2.59. The molecule has 0 spiro atoms. The number of rotatable bonds is 7. The number of aryl methyl sites for hydroxylation is 1. The molecule has 2 rings (SSSR count). The van der Waals surface area contributed by atoms with Crippen LogP contribution in [0.25, 0.3) is 0 Å². The average molecular weight is 394 g/mol. The topological polar surface area (TPSA) is 144 Å².